The minimum absolute atomic E-state index is 0.0153. The van der Waals surface area contributed by atoms with Gasteiger partial charge in [0.15, 0.2) is 8.32 Å². The van der Waals surface area contributed by atoms with Crippen LogP contribution in [0.2, 0.25) is 18.1 Å². The van der Waals surface area contributed by atoms with Gasteiger partial charge in [0, 0.05) is 48.1 Å². The van der Waals surface area contributed by atoms with E-state index in [4.69, 9.17) is 9.16 Å². The second-order valence-corrected chi connectivity index (χ2v) is 25.0. The van der Waals surface area contributed by atoms with Crippen molar-refractivity contribution < 1.29 is 33.8 Å². The number of ether oxygens (including phenoxy) is 1. The lowest BCUT2D eigenvalue weighted by atomic mass is 9.80. The molecular weight excluding hydrogens is 827 g/mol. The highest BCUT2D eigenvalue weighted by Crippen LogP contribution is 2.42. The Morgan fingerprint density at radius 2 is 1.59 bits per heavy atom. The number of alkyl carbamates (subject to hydrolysis) is 1. The van der Waals surface area contributed by atoms with Crippen LogP contribution in [0.4, 0.5) is 15.3 Å². The molecule has 1 atom stereocenters. The van der Waals surface area contributed by atoms with Crippen LogP contribution in [0.25, 0.3) is 22.0 Å². The molecule has 14 heteroatoms. The molecule has 2 saturated carbocycles. The average molecular weight is 896 g/mol. The van der Waals surface area contributed by atoms with E-state index in [1.165, 1.54) is 11.0 Å². The number of rotatable bonds is 16. The van der Waals surface area contributed by atoms with E-state index in [1.807, 2.05) is 75.4 Å². The summed E-state index contributed by atoms with van der Waals surface area (Å²) in [5.41, 5.74) is 3.79. The predicted molar refractivity (Wildman–Crippen MR) is 256 cm³/mol. The smallest absolute Gasteiger partial charge is 0.412 e. The van der Waals surface area contributed by atoms with E-state index in [0.29, 0.717) is 68.6 Å². The molecule has 3 aromatic carbocycles. The van der Waals surface area contributed by atoms with Crippen molar-refractivity contribution in [3.8, 4) is 16.9 Å². The first-order valence-electron chi connectivity index (χ1n) is 22.9. The van der Waals surface area contributed by atoms with E-state index >= 15 is 0 Å². The van der Waals surface area contributed by atoms with Gasteiger partial charge in [-0.25, -0.2) is 9.59 Å². The third-order valence-corrected chi connectivity index (χ3v) is 17.6. The molecular formula is C50H69N5O8Si. The third-order valence-electron chi connectivity index (χ3n) is 13.1. The molecule has 13 nitrogen and oxygen atoms in total. The summed E-state index contributed by atoms with van der Waals surface area (Å²) in [6, 6.07) is 22.3. The van der Waals surface area contributed by atoms with Gasteiger partial charge in [-0.05, 0) is 138 Å². The zero-order valence-electron chi connectivity index (χ0n) is 38.9. The van der Waals surface area contributed by atoms with Crippen LogP contribution in [-0.4, -0.2) is 78.4 Å². The largest absolute Gasteiger partial charge is 0.506 e. The van der Waals surface area contributed by atoms with Gasteiger partial charge in [-0.3, -0.25) is 14.5 Å². The third kappa shape index (κ3) is 12.5. The van der Waals surface area contributed by atoms with Gasteiger partial charge in [-0.15, -0.1) is 0 Å². The van der Waals surface area contributed by atoms with Gasteiger partial charge in [0.05, 0.1) is 17.3 Å². The van der Waals surface area contributed by atoms with Crippen LogP contribution in [0.15, 0.2) is 77.6 Å². The zero-order valence-corrected chi connectivity index (χ0v) is 39.9. The standard InChI is InChI=1S/C50H69N5O8Si/c1-49(2,3)62-47(59)53-35-18-20-37(21-19-35)55(48(60)61)41-29-32(17-22-38(41)34-14-10-9-11-15-34)13-12-16-44(57)52-36-27-33(28-36)30-51-31-43(63-64(7,8)50(4,5)6)39-23-25-42(56)46-40(39)24-26-45(58)54-46/h9-11,14-15,17,22-26,29,33,35-37,43,51,56H,12-13,16,18-21,27-28,30-31H2,1-8H3,(H,52,57)(H,53,59)(H,54,58)(H,60,61)/t33?,35?,36?,37?,43-/m1/s1. The second kappa shape index (κ2) is 20.3. The molecule has 64 heavy (non-hydrogen) atoms. The summed E-state index contributed by atoms with van der Waals surface area (Å²) >= 11 is 0. The van der Waals surface area contributed by atoms with Gasteiger partial charge in [0.2, 0.25) is 11.5 Å². The van der Waals surface area contributed by atoms with Gasteiger partial charge in [0.25, 0.3) is 0 Å². The maximum atomic E-state index is 13.1. The summed E-state index contributed by atoms with van der Waals surface area (Å²) in [6.07, 6.45) is 4.06. The van der Waals surface area contributed by atoms with Gasteiger partial charge >= 0.3 is 12.2 Å². The number of phenolic OH excluding ortho intramolecular Hbond substituents is 1. The lowest BCUT2D eigenvalue weighted by Gasteiger charge is -2.40. The maximum Gasteiger partial charge on any atom is 0.412 e. The minimum atomic E-state index is -2.21. The summed E-state index contributed by atoms with van der Waals surface area (Å²) in [5.74, 6) is 0.442. The van der Waals surface area contributed by atoms with Gasteiger partial charge < -0.3 is 40.3 Å². The normalized spacial score (nSPS) is 19.6. The number of pyridine rings is 1. The second-order valence-electron chi connectivity index (χ2n) is 20.3. The maximum absolute atomic E-state index is 13.1. The van der Waals surface area contributed by atoms with Crippen LogP contribution < -0.4 is 26.4 Å². The highest BCUT2D eigenvalue weighted by Gasteiger charge is 2.40. The molecule has 0 unspecified atom stereocenters. The molecule has 0 spiro atoms. The van der Waals surface area contributed by atoms with E-state index < -0.39 is 26.1 Å². The number of hydrogen-bond donors (Lipinski definition) is 6. The van der Waals surface area contributed by atoms with Crippen LogP contribution in [0, 0.1) is 5.92 Å². The van der Waals surface area contributed by atoms with E-state index in [0.717, 1.165) is 47.0 Å². The minimum Gasteiger partial charge on any atom is -0.506 e. The van der Waals surface area contributed by atoms with Crippen LogP contribution in [-0.2, 0) is 20.4 Å². The number of hydrogen-bond acceptors (Lipinski definition) is 8. The SMILES string of the molecule is CC(C)(C)OC(=O)NC1CCC(N(C(=O)O)c2cc(CCCC(=O)NC3CC(CNC[C@@H](O[Si](C)(C)C(C)(C)C)c4ccc(O)c5[nH]c(=O)ccc45)C3)ccc2-c2ccccc2)CC1. The van der Waals surface area contributed by atoms with Crippen molar-refractivity contribution in [2.24, 2.45) is 5.92 Å². The first-order chi connectivity index (χ1) is 30.2. The Balaban J connectivity index is 1.01. The molecule has 0 saturated heterocycles. The summed E-state index contributed by atoms with van der Waals surface area (Å²) in [4.78, 5) is 55.0. The average Bonchev–Trinajstić information content (AvgIpc) is 3.19. The first-order valence-corrected chi connectivity index (χ1v) is 25.8. The number of nitrogens with one attached hydrogen (secondary N) is 4. The number of aromatic amines is 1. The van der Waals surface area contributed by atoms with Crippen LogP contribution in [0.3, 0.4) is 0 Å². The van der Waals surface area contributed by atoms with Gasteiger partial charge in [-0.1, -0.05) is 69.3 Å². The first kappa shape index (κ1) is 48.3. The van der Waals surface area contributed by atoms with E-state index in [9.17, 15) is 29.4 Å². The topological polar surface area (TPSA) is 182 Å². The Bertz CT molecular complexity index is 2310. The van der Waals surface area contributed by atoms with Crippen molar-refractivity contribution in [3.63, 3.8) is 0 Å². The highest BCUT2D eigenvalue weighted by atomic mass is 28.4. The fourth-order valence-electron chi connectivity index (χ4n) is 8.68. The van der Waals surface area contributed by atoms with Gasteiger partial charge in [0.1, 0.15) is 11.4 Å². The Morgan fingerprint density at radius 3 is 2.25 bits per heavy atom. The molecule has 2 aliphatic rings. The number of carbonyl (C=O) groups excluding carboxylic acids is 2. The Hall–Kier alpha value is -5.18. The molecule has 1 heterocycles. The number of carbonyl (C=O) groups is 3. The number of fused-ring (bicyclic) bond motifs is 1. The summed E-state index contributed by atoms with van der Waals surface area (Å²) in [5, 5.41) is 31.7. The lowest BCUT2D eigenvalue weighted by molar-refractivity contribution is -0.122. The van der Waals surface area contributed by atoms with Crippen LogP contribution in [0.5, 0.6) is 5.75 Å². The van der Waals surface area contributed by atoms with Crippen molar-refractivity contribution in [2.45, 2.75) is 147 Å². The van der Waals surface area contributed by atoms with Crippen molar-refractivity contribution in [1.82, 2.24) is 20.9 Å². The Morgan fingerprint density at radius 1 is 0.891 bits per heavy atom. The number of carboxylic acid groups (broad SMARTS) is 1. The quantitative estimate of drug-likeness (QED) is 0.0597. The highest BCUT2D eigenvalue weighted by molar-refractivity contribution is 6.74. The molecule has 0 aliphatic heterocycles. The Kier molecular flexibility index (Phi) is 15.3. The zero-order chi connectivity index (χ0) is 46.4. The predicted octanol–water partition coefficient (Wildman–Crippen LogP) is 9.79. The van der Waals surface area contributed by atoms with Crippen molar-refractivity contribution in [2.75, 3.05) is 18.0 Å². The van der Waals surface area contributed by atoms with Gasteiger partial charge in [-0.2, -0.15) is 0 Å². The number of amides is 3. The Labute approximate surface area is 378 Å². The molecule has 346 valence electrons. The number of anilines is 1. The number of benzene rings is 3. The number of aromatic nitrogens is 1. The number of aryl methyl sites for hydroxylation is 1. The van der Waals surface area contributed by atoms with Crippen molar-refractivity contribution in [3.05, 3.63) is 94.3 Å². The van der Waals surface area contributed by atoms with Crippen molar-refractivity contribution >= 4 is 43.0 Å². The molecule has 6 N–H and O–H groups in total. The van der Waals surface area contributed by atoms with E-state index in [2.05, 4.69) is 54.8 Å². The number of phenols is 1. The van der Waals surface area contributed by atoms with E-state index in [1.54, 1.807) is 12.1 Å². The molecule has 3 amide bonds. The molecule has 1 aromatic heterocycles. The van der Waals surface area contributed by atoms with Crippen LogP contribution >= 0.6 is 0 Å². The van der Waals surface area contributed by atoms with Crippen molar-refractivity contribution in [1.29, 1.82) is 0 Å². The molecule has 0 bridgehead atoms. The molecule has 6 rings (SSSR count). The summed E-state index contributed by atoms with van der Waals surface area (Å²) in [7, 11) is -2.21. The summed E-state index contributed by atoms with van der Waals surface area (Å²) < 4.78 is 12.4. The molecule has 2 fully saturated rings. The fourth-order valence-corrected chi connectivity index (χ4v) is 9.96. The lowest BCUT2D eigenvalue weighted by Crippen LogP contribution is -2.48. The number of aromatic hydroxyl groups is 1. The van der Waals surface area contributed by atoms with Crippen LogP contribution in [0.1, 0.15) is 110 Å². The molecule has 2 aliphatic carbocycles. The molecule has 0 radical (unpaired) electrons. The number of nitrogens with zero attached hydrogens (tertiary/aromatic N) is 1. The summed E-state index contributed by atoms with van der Waals surface area (Å²) in [6.45, 7) is 17.9. The monoisotopic (exact) mass is 895 g/mol. The van der Waals surface area contributed by atoms with E-state index in [-0.39, 0.29) is 46.5 Å². The fraction of sp³-hybridized carbons (Fsp3) is 0.520. The molecule has 4 aromatic rings. The number of H-pyrrole nitrogens is 1.